The molecule has 2 N–H and O–H groups in total. The van der Waals surface area contributed by atoms with Crippen molar-refractivity contribution >= 4 is 40.6 Å². The summed E-state index contributed by atoms with van der Waals surface area (Å²) in [5.74, 6) is -0.752. The van der Waals surface area contributed by atoms with E-state index in [0.29, 0.717) is 16.4 Å². The number of hydrogen-bond donors (Lipinski definition) is 2. The Balaban J connectivity index is 1.99. The zero-order valence-corrected chi connectivity index (χ0v) is 15.4. The van der Waals surface area contributed by atoms with Gasteiger partial charge in [0.15, 0.2) is 5.11 Å². The molecule has 0 fully saturated rings. The van der Waals surface area contributed by atoms with E-state index >= 15 is 0 Å². The molecule has 0 saturated heterocycles. The summed E-state index contributed by atoms with van der Waals surface area (Å²) in [4.78, 5) is 11.7. The Morgan fingerprint density at radius 1 is 1.28 bits per heavy atom. The largest absolute Gasteiger partial charge is 0.462 e. The highest BCUT2D eigenvalue weighted by Gasteiger charge is 2.13. The average molecular weight is 381 g/mol. The lowest BCUT2D eigenvalue weighted by atomic mass is 10.1. The molecule has 0 amide bonds. The molecule has 7 heteroatoms. The lowest BCUT2D eigenvalue weighted by Gasteiger charge is -2.17. The SMILES string of the molecule is CCOC(=O)c1ccc(NC(=S)NC(C)c2ccc(F)cc2)cc1Cl. The fourth-order valence-electron chi connectivity index (χ4n) is 2.17. The van der Waals surface area contributed by atoms with Crippen molar-refractivity contribution in [1.82, 2.24) is 5.32 Å². The number of esters is 1. The normalized spacial score (nSPS) is 11.5. The van der Waals surface area contributed by atoms with Crippen LogP contribution in [0.4, 0.5) is 10.1 Å². The van der Waals surface area contributed by atoms with Crippen LogP contribution < -0.4 is 10.6 Å². The molecule has 2 aromatic carbocycles. The van der Waals surface area contributed by atoms with E-state index in [1.54, 1.807) is 37.3 Å². The Hall–Kier alpha value is -2.18. The zero-order chi connectivity index (χ0) is 18.4. The van der Waals surface area contributed by atoms with E-state index < -0.39 is 5.97 Å². The van der Waals surface area contributed by atoms with Crippen molar-refractivity contribution in [2.75, 3.05) is 11.9 Å². The average Bonchev–Trinajstić information content (AvgIpc) is 2.55. The molecule has 2 aromatic rings. The molecular weight excluding hydrogens is 363 g/mol. The van der Waals surface area contributed by atoms with Gasteiger partial charge in [-0.15, -0.1) is 0 Å². The highest BCUT2D eigenvalue weighted by Crippen LogP contribution is 2.22. The van der Waals surface area contributed by atoms with Crippen molar-refractivity contribution in [3.63, 3.8) is 0 Å². The molecule has 0 aliphatic carbocycles. The topological polar surface area (TPSA) is 50.4 Å². The van der Waals surface area contributed by atoms with Gasteiger partial charge in [-0.3, -0.25) is 0 Å². The summed E-state index contributed by atoms with van der Waals surface area (Å²) in [6, 6.07) is 11.0. The summed E-state index contributed by atoms with van der Waals surface area (Å²) in [6.07, 6.45) is 0. The Morgan fingerprint density at radius 2 is 1.96 bits per heavy atom. The van der Waals surface area contributed by atoms with Gasteiger partial charge in [-0.05, 0) is 62.0 Å². The lowest BCUT2D eigenvalue weighted by Crippen LogP contribution is -2.30. The maximum absolute atomic E-state index is 13.0. The Bertz CT molecular complexity index is 768. The van der Waals surface area contributed by atoms with Gasteiger partial charge in [-0.25, -0.2) is 9.18 Å². The molecule has 25 heavy (non-hydrogen) atoms. The molecule has 0 radical (unpaired) electrons. The Kier molecular flexibility index (Phi) is 6.73. The van der Waals surface area contributed by atoms with Gasteiger partial charge in [-0.1, -0.05) is 23.7 Å². The number of carbonyl (C=O) groups is 1. The van der Waals surface area contributed by atoms with Crippen LogP contribution >= 0.6 is 23.8 Å². The first kappa shape index (κ1) is 19.1. The second kappa shape index (κ2) is 8.78. The third kappa shape index (κ3) is 5.41. The van der Waals surface area contributed by atoms with E-state index in [-0.39, 0.29) is 23.5 Å². The first-order chi connectivity index (χ1) is 11.9. The quantitative estimate of drug-likeness (QED) is 0.581. The van der Waals surface area contributed by atoms with Crippen molar-refractivity contribution in [3.05, 3.63) is 64.4 Å². The molecule has 0 aliphatic rings. The molecule has 0 bridgehead atoms. The number of anilines is 1. The first-order valence-corrected chi connectivity index (χ1v) is 8.49. The minimum absolute atomic E-state index is 0.102. The van der Waals surface area contributed by atoms with Crippen molar-refractivity contribution in [3.8, 4) is 0 Å². The molecule has 2 rings (SSSR count). The molecule has 0 saturated carbocycles. The van der Waals surface area contributed by atoms with Gasteiger partial charge in [0.1, 0.15) is 5.82 Å². The summed E-state index contributed by atoms with van der Waals surface area (Å²) in [5.41, 5.74) is 1.84. The van der Waals surface area contributed by atoms with Crippen molar-refractivity contribution in [2.24, 2.45) is 0 Å². The van der Waals surface area contributed by atoms with Gasteiger partial charge in [0.05, 0.1) is 23.2 Å². The molecule has 1 unspecified atom stereocenters. The van der Waals surface area contributed by atoms with Crippen LogP contribution in [0.3, 0.4) is 0 Å². The van der Waals surface area contributed by atoms with Crippen LogP contribution in [0.5, 0.6) is 0 Å². The molecule has 0 aromatic heterocycles. The monoisotopic (exact) mass is 380 g/mol. The van der Waals surface area contributed by atoms with Crippen LogP contribution in [0.25, 0.3) is 0 Å². The van der Waals surface area contributed by atoms with E-state index in [1.807, 2.05) is 6.92 Å². The van der Waals surface area contributed by atoms with Crippen molar-refractivity contribution in [2.45, 2.75) is 19.9 Å². The second-order valence-corrected chi connectivity index (χ2v) is 6.10. The number of rotatable bonds is 5. The lowest BCUT2D eigenvalue weighted by molar-refractivity contribution is 0.0526. The van der Waals surface area contributed by atoms with E-state index in [4.69, 9.17) is 28.6 Å². The predicted octanol–water partition coefficient (Wildman–Crippen LogP) is 4.70. The molecule has 0 aliphatic heterocycles. The van der Waals surface area contributed by atoms with Crippen molar-refractivity contribution in [1.29, 1.82) is 0 Å². The molecular formula is C18H18ClFN2O2S. The minimum Gasteiger partial charge on any atom is -0.462 e. The Labute approximate surface area is 156 Å². The fourth-order valence-corrected chi connectivity index (χ4v) is 2.72. The fraction of sp³-hybridized carbons (Fsp3) is 0.222. The maximum Gasteiger partial charge on any atom is 0.339 e. The van der Waals surface area contributed by atoms with Crippen LogP contribution in [0.1, 0.15) is 35.8 Å². The van der Waals surface area contributed by atoms with Crippen LogP contribution in [-0.4, -0.2) is 17.7 Å². The number of hydrogen-bond acceptors (Lipinski definition) is 3. The number of nitrogens with one attached hydrogen (secondary N) is 2. The van der Waals surface area contributed by atoms with Gasteiger partial charge >= 0.3 is 5.97 Å². The molecule has 0 spiro atoms. The van der Waals surface area contributed by atoms with Crippen LogP contribution in [0.15, 0.2) is 42.5 Å². The Morgan fingerprint density at radius 3 is 2.56 bits per heavy atom. The highest BCUT2D eigenvalue weighted by molar-refractivity contribution is 7.80. The van der Waals surface area contributed by atoms with Gasteiger partial charge in [0.2, 0.25) is 0 Å². The molecule has 132 valence electrons. The number of thiocarbonyl (C=S) groups is 1. The molecule has 0 heterocycles. The molecule has 1 atom stereocenters. The summed E-state index contributed by atoms with van der Waals surface area (Å²) in [6.45, 7) is 3.93. The van der Waals surface area contributed by atoms with Crippen molar-refractivity contribution < 1.29 is 13.9 Å². The number of benzene rings is 2. The number of ether oxygens (including phenoxy) is 1. The van der Waals surface area contributed by atoms with Crippen LogP contribution in [0, 0.1) is 5.82 Å². The second-order valence-electron chi connectivity index (χ2n) is 5.29. The van der Waals surface area contributed by atoms with Gasteiger partial charge in [-0.2, -0.15) is 0 Å². The van der Waals surface area contributed by atoms with E-state index in [0.717, 1.165) is 5.56 Å². The zero-order valence-electron chi connectivity index (χ0n) is 13.8. The summed E-state index contributed by atoms with van der Waals surface area (Å²) in [7, 11) is 0. The standard InChI is InChI=1S/C18H18ClFN2O2S/c1-3-24-17(23)15-9-8-14(10-16(15)19)22-18(25)21-11(2)12-4-6-13(20)7-5-12/h4-11H,3H2,1-2H3,(H2,21,22,25). The summed E-state index contributed by atoms with van der Waals surface area (Å²) >= 11 is 11.4. The van der Waals surface area contributed by atoms with Crippen LogP contribution in [-0.2, 0) is 4.74 Å². The minimum atomic E-state index is -0.468. The smallest absolute Gasteiger partial charge is 0.339 e. The van der Waals surface area contributed by atoms with Gasteiger partial charge in [0.25, 0.3) is 0 Å². The summed E-state index contributed by atoms with van der Waals surface area (Å²) in [5, 5.41) is 6.77. The predicted molar refractivity (Wildman–Crippen MR) is 102 cm³/mol. The number of carbonyl (C=O) groups excluding carboxylic acids is 1. The third-order valence-electron chi connectivity index (χ3n) is 3.44. The number of halogens is 2. The first-order valence-electron chi connectivity index (χ1n) is 7.70. The van der Waals surface area contributed by atoms with Gasteiger partial charge in [0, 0.05) is 5.69 Å². The molecule has 4 nitrogen and oxygen atoms in total. The maximum atomic E-state index is 13.0. The third-order valence-corrected chi connectivity index (χ3v) is 3.97. The summed E-state index contributed by atoms with van der Waals surface area (Å²) < 4.78 is 17.9. The highest BCUT2D eigenvalue weighted by atomic mass is 35.5. The van der Waals surface area contributed by atoms with E-state index in [9.17, 15) is 9.18 Å². The van der Waals surface area contributed by atoms with Crippen LogP contribution in [0.2, 0.25) is 5.02 Å². The van der Waals surface area contributed by atoms with E-state index in [2.05, 4.69) is 10.6 Å². The van der Waals surface area contributed by atoms with Gasteiger partial charge < -0.3 is 15.4 Å². The van der Waals surface area contributed by atoms with E-state index in [1.165, 1.54) is 12.1 Å².